The third kappa shape index (κ3) is 3.32. The summed E-state index contributed by atoms with van der Waals surface area (Å²) in [5.74, 6) is 0.869. The van der Waals surface area contributed by atoms with Crippen LogP contribution in [0.4, 0.5) is 0 Å². The zero-order valence-electron chi connectivity index (χ0n) is 13.6. The van der Waals surface area contributed by atoms with E-state index in [1.807, 2.05) is 0 Å². The largest absolute Gasteiger partial charge is 0.455 e. The molecule has 0 aliphatic rings. The van der Waals surface area contributed by atoms with Crippen molar-refractivity contribution in [3.05, 3.63) is 91.2 Å². The van der Waals surface area contributed by atoms with E-state index in [1.54, 1.807) is 54.6 Å². The molecular weight excluding hydrogens is 389 g/mol. The number of hydrogen-bond donors (Lipinski definition) is 1. The van der Waals surface area contributed by atoms with Gasteiger partial charge in [0.2, 0.25) is 0 Å². The highest BCUT2D eigenvalue weighted by Crippen LogP contribution is 2.31. The van der Waals surface area contributed by atoms with Gasteiger partial charge in [-0.05, 0) is 42.5 Å². The third-order valence-electron chi connectivity index (χ3n) is 3.91. The standard InChI is InChI=1S/C19H11Cl2N3O3/c20-11-5-7-13(15(21)9-11)17-8-6-12(27-17)10-22-24-18(25)14-3-1-2-4-16(14)23-19(24)26/h1-10H,(H,23,26). The lowest BCUT2D eigenvalue weighted by Crippen LogP contribution is -2.32. The van der Waals surface area contributed by atoms with Gasteiger partial charge in [0.15, 0.2) is 0 Å². The fraction of sp³-hybridized carbons (Fsp3) is 0. The number of hydrogen-bond acceptors (Lipinski definition) is 4. The van der Waals surface area contributed by atoms with E-state index in [1.165, 1.54) is 6.21 Å². The fourth-order valence-corrected chi connectivity index (χ4v) is 3.13. The Hall–Kier alpha value is -3.09. The Labute approximate surface area is 162 Å². The number of H-pyrrole nitrogens is 1. The monoisotopic (exact) mass is 399 g/mol. The summed E-state index contributed by atoms with van der Waals surface area (Å²) in [6, 6.07) is 15.1. The molecule has 6 nitrogen and oxygen atoms in total. The molecule has 0 atom stereocenters. The van der Waals surface area contributed by atoms with Crippen LogP contribution in [0.2, 0.25) is 10.0 Å². The van der Waals surface area contributed by atoms with Gasteiger partial charge in [-0.1, -0.05) is 35.3 Å². The van der Waals surface area contributed by atoms with E-state index in [-0.39, 0.29) is 0 Å². The molecule has 4 aromatic rings. The molecule has 0 fully saturated rings. The topological polar surface area (TPSA) is 80.4 Å². The second-order valence-electron chi connectivity index (χ2n) is 5.66. The molecule has 8 heteroatoms. The SMILES string of the molecule is O=c1[nH]c2ccccc2c(=O)n1N=Cc1ccc(-c2ccc(Cl)cc2Cl)o1. The van der Waals surface area contributed by atoms with E-state index in [9.17, 15) is 9.59 Å². The number of halogens is 2. The van der Waals surface area contributed by atoms with E-state index in [4.69, 9.17) is 27.6 Å². The molecule has 0 spiro atoms. The van der Waals surface area contributed by atoms with Crippen LogP contribution in [-0.4, -0.2) is 15.9 Å². The summed E-state index contributed by atoms with van der Waals surface area (Å²) in [5.41, 5.74) is -0.0290. The molecule has 2 aromatic carbocycles. The van der Waals surface area contributed by atoms with Gasteiger partial charge in [-0.3, -0.25) is 4.79 Å². The van der Waals surface area contributed by atoms with Crippen molar-refractivity contribution in [2.75, 3.05) is 0 Å². The van der Waals surface area contributed by atoms with Crippen molar-refractivity contribution in [3.8, 4) is 11.3 Å². The molecule has 0 saturated heterocycles. The number of furan rings is 1. The Morgan fingerprint density at radius 1 is 1.04 bits per heavy atom. The highest BCUT2D eigenvalue weighted by atomic mass is 35.5. The van der Waals surface area contributed by atoms with Crippen molar-refractivity contribution in [3.63, 3.8) is 0 Å². The first-order valence-electron chi connectivity index (χ1n) is 7.86. The predicted octanol–water partition coefficient (Wildman–Crippen LogP) is 4.14. The van der Waals surface area contributed by atoms with Gasteiger partial charge in [-0.2, -0.15) is 5.10 Å². The molecule has 0 saturated carbocycles. The number of nitrogens with zero attached hydrogens (tertiary/aromatic N) is 2. The van der Waals surface area contributed by atoms with Gasteiger partial charge in [0.1, 0.15) is 11.5 Å². The van der Waals surface area contributed by atoms with Gasteiger partial charge in [0.05, 0.1) is 22.1 Å². The second-order valence-corrected chi connectivity index (χ2v) is 6.51. The van der Waals surface area contributed by atoms with Crippen LogP contribution in [-0.2, 0) is 0 Å². The van der Waals surface area contributed by atoms with Crippen LogP contribution in [0.1, 0.15) is 5.76 Å². The van der Waals surface area contributed by atoms with Gasteiger partial charge in [0, 0.05) is 10.6 Å². The van der Waals surface area contributed by atoms with Crippen molar-refractivity contribution in [2.45, 2.75) is 0 Å². The van der Waals surface area contributed by atoms with E-state index in [0.29, 0.717) is 38.0 Å². The summed E-state index contributed by atoms with van der Waals surface area (Å²) in [6.07, 6.45) is 1.29. The number of fused-ring (bicyclic) bond motifs is 1. The van der Waals surface area contributed by atoms with E-state index >= 15 is 0 Å². The molecule has 27 heavy (non-hydrogen) atoms. The number of aromatic nitrogens is 2. The van der Waals surface area contributed by atoms with Crippen LogP contribution in [0.3, 0.4) is 0 Å². The summed E-state index contributed by atoms with van der Waals surface area (Å²) in [4.78, 5) is 27.2. The lowest BCUT2D eigenvalue weighted by molar-refractivity contribution is 0.573. The number of para-hydroxylation sites is 1. The van der Waals surface area contributed by atoms with Crippen molar-refractivity contribution in [1.29, 1.82) is 0 Å². The van der Waals surface area contributed by atoms with Gasteiger partial charge in [-0.15, -0.1) is 4.68 Å². The molecule has 134 valence electrons. The number of rotatable bonds is 3. The lowest BCUT2D eigenvalue weighted by Gasteiger charge is -2.01. The maximum atomic E-state index is 12.4. The third-order valence-corrected chi connectivity index (χ3v) is 4.46. The minimum Gasteiger partial charge on any atom is -0.455 e. The first-order chi connectivity index (χ1) is 13.0. The molecule has 0 unspecified atom stereocenters. The zero-order chi connectivity index (χ0) is 19.0. The maximum absolute atomic E-state index is 12.4. The Bertz CT molecular complexity index is 1300. The van der Waals surface area contributed by atoms with Crippen molar-refractivity contribution in [2.24, 2.45) is 5.10 Å². The highest BCUT2D eigenvalue weighted by molar-refractivity contribution is 6.36. The molecule has 0 radical (unpaired) electrons. The van der Waals surface area contributed by atoms with Gasteiger partial charge in [0.25, 0.3) is 5.56 Å². The molecule has 0 aliphatic carbocycles. The van der Waals surface area contributed by atoms with E-state index in [0.717, 1.165) is 4.68 Å². The van der Waals surface area contributed by atoms with Crippen LogP contribution < -0.4 is 11.2 Å². The number of aromatic amines is 1. The molecule has 2 aromatic heterocycles. The van der Waals surface area contributed by atoms with Crippen LogP contribution >= 0.6 is 23.2 Å². The van der Waals surface area contributed by atoms with Gasteiger partial charge >= 0.3 is 5.69 Å². The van der Waals surface area contributed by atoms with E-state index in [2.05, 4.69) is 10.1 Å². The molecule has 0 amide bonds. The van der Waals surface area contributed by atoms with Crippen LogP contribution in [0.5, 0.6) is 0 Å². The summed E-state index contributed by atoms with van der Waals surface area (Å²) in [7, 11) is 0. The average molecular weight is 400 g/mol. The normalized spacial score (nSPS) is 11.5. The van der Waals surface area contributed by atoms with Crippen molar-refractivity contribution >= 4 is 40.3 Å². The number of benzene rings is 2. The Balaban J connectivity index is 1.70. The van der Waals surface area contributed by atoms with Crippen molar-refractivity contribution < 1.29 is 4.42 Å². The van der Waals surface area contributed by atoms with E-state index < -0.39 is 11.2 Å². The Kier molecular flexibility index (Phi) is 4.43. The Morgan fingerprint density at radius 3 is 2.67 bits per heavy atom. The summed E-state index contributed by atoms with van der Waals surface area (Å²) in [6.45, 7) is 0. The molecular formula is C19H11Cl2N3O3. The summed E-state index contributed by atoms with van der Waals surface area (Å²) < 4.78 is 6.42. The summed E-state index contributed by atoms with van der Waals surface area (Å²) >= 11 is 12.1. The molecule has 2 heterocycles. The molecule has 1 N–H and O–H groups in total. The van der Waals surface area contributed by atoms with Crippen LogP contribution in [0.25, 0.3) is 22.2 Å². The van der Waals surface area contributed by atoms with Crippen LogP contribution in [0, 0.1) is 0 Å². The predicted molar refractivity (Wildman–Crippen MR) is 106 cm³/mol. The van der Waals surface area contributed by atoms with Crippen LogP contribution in [0.15, 0.2) is 73.7 Å². The highest BCUT2D eigenvalue weighted by Gasteiger charge is 2.09. The smallest absolute Gasteiger partial charge is 0.349 e. The first kappa shape index (κ1) is 17.3. The minimum atomic E-state index is -0.637. The Morgan fingerprint density at radius 2 is 1.85 bits per heavy atom. The van der Waals surface area contributed by atoms with Crippen molar-refractivity contribution in [1.82, 2.24) is 9.66 Å². The first-order valence-corrected chi connectivity index (χ1v) is 8.62. The molecule has 0 bridgehead atoms. The van der Waals surface area contributed by atoms with Gasteiger partial charge < -0.3 is 9.40 Å². The quantitative estimate of drug-likeness (QED) is 0.525. The molecule has 0 aliphatic heterocycles. The molecule has 4 rings (SSSR count). The maximum Gasteiger partial charge on any atom is 0.349 e. The zero-order valence-corrected chi connectivity index (χ0v) is 15.2. The fourth-order valence-electron chi connectivity index (χ4n) is 2.63. The number of nitrogens with one attached hydrogen (secondary N) is 1. The minimum absolute atomic E-state index is 0.357. The van der Waals surface area contributed by atoms with Gasteiger partial charge in [-0.25, -0.2) is 4.79 Å². The average Bonchev–Trinajstić information content (AvgIpc) is 3.10. The second kappa shape index (κ2) is 6.90. The summed E-state index contributed by atoms with van der Waals surface area (Å²) in [5, 5.41) is 5.29. The lowest BCUT2D eigenvalue weighted by atomic mass is 10.2.